The summed E-state index contributed by atoms with van der Waals surface area (Å²) in [6, 6.07) is 9.73. The number of methoxy groups -OCH3 is 1. The molecule has 3 aromatic rings. The van der Waals surface area contributed by atoms with Gasteiger partial charge in [0.05, 0.1) is 29.6 Å². The summed E-state index contributed by atoms with van der Waals surface area (Å²) < 4.78 is 51.1. The zero-order valence-corrected chi connectivity index (χ0v) is 34.8. The van der Waals surface area contributed by atoms with Gasteiger partial charge >= 0.3 is 6.03 Å². The van der Waals surface area contributed by atoms with Crippen molar-refractivity contribution in [3.8, 4) is 11.8 Å². The molecule has 2 N–H and O–H groups in total. The largest absolute Gasteiger partial charge is 0.495 e. The molecule has 15 nitrogen and oxygen atoms in total. The smallest absolute Gasteiger partial charge is 0.322 e. The zero-order chi connectivity index (χ0) is 44.0. The van der Waals surface area contributed by atoms with E-state index in [1.165, 1.54) is 18.1 Å². The number of hydrogen-bond acceptors (Lipinski definition) is 11. The van der Waals surface area contributed by atoms with Gasteiger partial charge in [-0.3, -0.25) is 34.3 Å². The lowest BCUT2D eigenvalue weighted by molar-refractivity contribution is -0.136. The second-order valence-corrected chi connectivity index (χ2v) is 16.7. The molecule has 18 heteroatoms. The number of rotatable bonds is 8. The highest BCUT2D eigenvalue weighted by Crippen LogP contribution is 2.35. The van der Waals surface area contributed by atoms with Gasteiger partial charge in [0.15, 0.2) is 0 Å². The highest BCUT2D eigenvalue weighted by molar-refractivity contribution is 6.23. The van der Waals surface area contributed by atoms with Crippen molar-refractivity contribution >= 4 is 52.4 Å². The topological polar surface area (TPSA) is 162 Å². The number of carbonyl (C=O) groups is 5. The van der Waals surface area contributed by atoms with Crippen LogP contribution >= 0.6 is 0 Å². The Labute approximate surface area is 356 Å². The highest BCUT2D eigenvalue weighted by atomic mass is 19.1. The van der Waals surface area contributed by atoms with Gasteiger partial charge in [-0.2, -0.15) is 5.26 Å². The van der Waals surface area contributed by atoms with Crippen molar-refractivity contribution in [1.29, 1.82) is 5.26 Å². The van der Waals surface area contributed by atoms with E-state index in [0.29, 0.717) is 44.3 Å². The standard InChI is InChI=1S/C44H48F3N9O6/c1-25-23-55(26(2)22-54(25)29-17-33(45)32(21-48)39(18-29)62-3)44(61)49-36-19-35(47)38(20-34(36)46)53-10-8-27(9-11-53)24-51-12-14-52(15-13-51)28-4-5-30-31(16-28)43(60)56(42(30)59)37-6-7-40(57)50-41(37)58/h4-5,16-20,25-27,37H,6-15,22-24H2,1-3H3,(H,49,61)(H,50,57,58)/t25-,26+,37?/m0/s1. The molecule has 8 rings (SSSR count). The molecule has 326 valence electrons. The molecule has 4 fully saturated rings. The van der Waals surface area contributed by atoms with Crippen LogP contribution in [0.25, 0.3) is 0 Å². The highest BCUT2D eigenvalue weighted by Gasteiger charge is 2.45. The van der Waals surface area contributed by atoms with Crippen molar-refractivity contribution in [2.75, 3.05) is 86.0 Å². The summed E-state index contributed by atoms with van der Waals surface area (Å²) >= 11 is 0. The second kappa shape index (κ2) is 17.2. The summed E-state index contributed by atoms with van der Waals surface area (Å²) in [5.41, 5.74) is 1.50. The van der Waals surface area contributed by atoms with Gasteiger partial charge in [0.25, 0.3) is 11.8 Å². The fraction of sp³-hybridized carbons (Fsp3) is 0.455. The number of nitriles is 1. The number of fused-ring (bicyclic) bond motifs is 1. The number of ether oxygens (including phenoxy) is 1. The lowest BCUT2D eigenvalue weighted by Crippen LogP contribution is -2.59. The van der Waals surface area contributed by atoms with Crippen LogP contribution in [0.4, 0.5) is 40.7 Å². The molecule has 3 aromatic carbocycles. The first-order valence-electron chi connectivity index (χ1n) is 20.9. The number of benzene rings is 3. The Bertz CT molecular complexity index is 2360. The third kappa shape index (κ3) is 8.08. The van der Waals surface area contributed by atoms with Crippen LogP contribution in [-0.4, -0.2) is 128 Å². The van der Waals surface area contributed by atoms with Gasteiger partial charge in [-0.25, -0.2) is 18.0 Å². The third-order valence-electron chi connectivity index (χ3n) is 12.9. The maximum Gasteiger partial charge on any atom is 0.322 e. The maximum atomic E-state index is 15.6. The van der Waals surface area contributed by atoms with E-state index in [0.717, 1.165) is 55.2 Å². The van der Waals surface area contributed by atoms with Crippen molar-refractivity contribution in [3.05, 3.63) is 76.6 Å². The molecular formula is C44H48F3N9O6. The predicted octanol–water partition coefficient (Wildman–Crippen LogP) is 4.56. The van der Waals surface area contributed by atoms with Crippen LogP contribution in [0.5, 0.6) is 5.75 Å². The molecule has 0 aliphatic carbocycles. The van der Waals surface area contributed by atoms with E-state index < -0.39 is 53.2 Å². The molecule has 6 amide bonds. The normalized spacial score (nSPS) is 22.5. The number of anilines is 4. The Morgan fingerprint density at radius 2 is 1.55 bits per heavy atom. The lowest BCUT2D eigenvalue weighted by Gasteiger charge is -2.45. The monoisotopic (exact) mass is 855 g/mol. The molecule has 5 heterocycles. The van der Waals surface area contributed by atoms with Gasteiger partial charge < -0.3 is 29.7 Å². The number of nitrogens with one attached hydrogen (secondary N) is 2. The second-order valence-electron chi connectivity index (χ2n) is 16.7. The molecule has 0 aromatic heterocycles. The molecule has 5 aliphatic rings. The van der Waals surface area contributed by atoms with Crippen LogP contribution in [0.2, 0.25) is 0 Å². The Hall–Kier alpha value is -6.35. The van der Waals surface area contributed by atoms with Gasteiger partial charge in [-0.1, -0.05) is 0 Å². The predicted molar refractivity (Wildman–Crippen MR) is 223 cm³/mol. The van der Waals surface area contributed by atoms with Crippen molar-refractivity contribution < 1.29 is 41.9 Å². The quantitative estimate of drug-likeness (QED) is 0.306. The minimum absolute atomic E-state index is 0.0573. The molecule has 62 heavy (non-hydrogen) atoms. The molecule has 3 atom stereocenters. The van der Waals surface area contributed by atoms with Crippen LogP contribution in [0.15, 0.2) is 42.5 Å². The fourth-order valence-corrected chi connectivity index (χ4v) is 9.40. The molecule has 1 unspecified atom stereocenters. The van der Waals surface area contributed by atoms with E-state index >= 15 is 8.78 Å². The first-order valence-corrected chi connectivity index (χ1v) is 20.9. The van der Waals surface area contributed by atoms with Gasteiger partial charge in [-0.15, -0.1) is 0 Å². The first-order chi connectivity index (χ1) is 29.7. The molecule has 0 saturated carbocycles. The summed E-state index contributed by atoms with van der Waals surface area (Å²) in [5.74, 6) is -3.77. The van der Waals surface area contributed by atoms with E-state index in [1.807, 2.05) is 35.8 Å². The molecule has 5 aliphatic heterocycles. The number of urea groups is 1. The lowest BCUT2D eigenvalue weighted by atomic mass is 9.95. The number of carbonyl (C=O) groups excluding carboxylic acids is 5. The summed E-state index contributed by atoms with van der Waals surface area (Å²) in [6.07, 6.45) is 1.73. The van der Waals surface area contributed by atoms with Gasteiger partial charge in [-0.05, 0) is 63.3 Å². The zero-order valence-electron chi connectivity index (χ0n) is 34.8. The van der Waals surface area contributed by atoms with Gasteiger partial charge in [0, 0.05) is 107 Å². The summed E-state index contributed by atoms with van der Waals surface area (Å²) in [7, 11) is 1.36. The van der Waals surface area contributed by atoms with Crippen LogP contribution in [-0.2, 0) is 9.59 Å². The number of imide groups is 2. The Balaban J connectivity index is 0.811. The van der Waals surface area contributed by atoms with E-state index in [2.05, 4.69) is 20.4 Å². The van der Waals surface area contributed by atoms with Crippen molar-refractivity contribution in [2.24, 2.45) is 5.92 Å². The number of nitrogens with zero attached hydrogens (tertiary/aromatic N) is 7. The average molecular weight is 856 g/mol. The molecule has 0 bridgehead atoms. The minimum Gasteiger partial charge on any atom is -0.495 e. The average Bonchev–Trinajstić information content (AvgIpc) is 3.50. The maximum absolute atomic E-state index is 15.6. The molecule has 0 spiro atoms. The van der Waals surface area contributed by atoms with Crippen LogP contribution < -0.4 is 30.1 Å². The van der Waals surface area contributed by atoms with Crippen LogP contribution in [0.1, 0.15) is 65.8 Å². The minimum atomic E-state index is -1.02. The summed E-state index contributed by atoms with van der Waals surface area (Å²) in [6.45, 7) is 9.11. The van der Waals surface area contributed by atoms with E-state index in [9.17, 15) is 33.6 Å². The molecule has 4 saturated heterocycles. The van der Waals surface area contributed by atoms with Crippen molar-refractivity contribution in [3.63, 3.8) is 0 Å². The van der Waals surface area contributed by atoms with E-state index in [1.54, 1.807) is 18.2 Å². The summed E-state index contributed by atoms with van der Waals surface area (Å²) in [5, 5.41) is 14.1. The number of piperidine rings is 2. The Kier molecular flexibility index (Phi) is 11.7. The number of halogens is 3. The summed E-state index contributed by atoms with van der Waals surface area (Å²) in [4.78, 5) is 74.7. The van der Waals surface area contributed by atoms with Gasteiger partial charge in [0.1, 0.15) is 40.9 Å². The van der Waals surface area contributed by atoms with Crippen LogP contribution in [0, 0.1) is 34.7 Å². The Morgan fingerprint density at radius 1 is 0.823 bits per heavy atom. The fourth-order valence-electron chi connectivity index (χ4n) is 9.40. The first kappa shape index (κ1) is 42.3. The van der Waals surface area contributed by atoms with E-state index in [-0.39, 0.29) is 65.3 Å². The van der Waals surface area contributed by atoms with Crippen molar-refractivity contribution in [2.45, 2.75) is 57.7 Å². The molecule has 0 radical (unpaired) electrons. The number of piperazine rings is 2. The SMILES string of the molecule is COc1cc(N2C[C@@H](C)N(C(=O)Nc3cc(F)c(N4CCC(CN5CCN(c6ccc7c(c6)C(=O)N(C6CCC(=O)NC6=O)C7=O)CC5)CC4)cc3F)C[C@@H]2C)cc(F)c1C#N. The number of amides is 6. The van der Waals surface area contributed by atoms with Gasteiger partial charge in [0.2, 0.25) is 11.8 Å². The van der Waals surface area contributed by atoms with Crippen molar-refractivity contribution in [1.82, 2.24) is 20.0 Å². The van der Waals surface area contributed by atoms with E-state index in [4.69, 9.17) is 4.74 Å². The Morgan fingerprint density at radius 3 is 2.24 bits per heavy atom. The third-order valence-corrected chi connectivity index (χ3v) is 12.9. The van der Waals surface area contributed by atoms with Crippen LogP contribution in [0.3, 0.4) is 0 Å². The number of hydrogen-bond donors (Lipinski definition) is 2. The molecular weight excluding hydrogens is 808 g/mol.